The topological polar surface area (TPSA) is 62.5 Å². The summed E-state index contributed by atoms with van der Waals surface area (Å²) >= 11 is 6.91. The summed E-state index contributed by atoms with van der Waals surface area (Å²) in [5, 5.41) is 0.805. The molecule has 0 amide bonds. The molecule has 5 rings (SSSR count). The first-order valence-electron chi connectivity index (χ1n) is 9.39. The first-order valence-corrected chi connectivity index (χ1v) is 11.0. The van der Waals surface area contributed by atoms with Crippen molar-refractivity contribution in [2.75, 3.05) is 0 Å². The number of ether oxygens (including phenoxy) is 1. The van der Waals surface area contributed by atoms with Crippen LogP contribution in [0.5, 0.6) is 0 Å². The predicted octanol–water partition coefficient (Wildman–Crippen LogP) is 6.04. The SMILES string of the molecule is O=C(c1c(-c2ccccc2)c2cc(Br)ccc2[nH]c1=O)[C@@H]1O[C@H]1c1ccc(Br)cc1. The third kappa shape index (κ3) is 3.45. The number of hydrogen-bond acceptors (Lipinski definition) is 3. The molecule has 4 aromatic rings. The number of ketones is 1. The van der Waals surface area contributed by atoms with Crippen molar-refractivity contribution in [2.24, 2.45) is 0 Å². The van der Waals surface area contributed by atoms with Crippen LogP contribution in [-0.2, 0) is 4.74 Å². The Morgan fingerprint density at radius 1 is 0.900 bits per heavy atom. The molecule has 3 aromatic carbocycles. The number of fused-ring (bicyclic) bond motifs is 1. The number of carbonyl (C=O) groups is 1. The molecule has 0 bridgehead atoms. The normalized spacial score (nSPS) is 17.8. The fraction of sp³-hybridized carbons (Fsp3) is 0.0833. The van der Waals surface area contributed by atoms with E-state index in [9.17, 15) is 9.59 Å². The van der Waals surface area contributed by atoms with Gasteiger partial charge in [0.15, 0.2) is 6.10 Å². The first kappa shape index (κ1) is 19.4. The molecule has 30 heavy (non-hydrogen) atoms. The average molecular weight is 525 g/mol. The Balaban J connectivity index is 1.65. The van der Waals surface area contributed by atoms with Crippen molar-refractivity contribution in [3.63, 3.8) is 0 Å². The van der Waals surface area contributed by atoms with E-state index in [0.717, 1.165) is 25.5 Å². The number of nitrogens with one attached hydrogen (secondary N) is 1. The number of epoxide rings is 1. The van der Waals surface area contributed by atoms with Crippen molar-refractivity contribution in [3.05, 3.63) is 103 Å². The van der Waals surface area contributed by atoms with Gasteiger partial charge in [0.1, 0.15) is 6.10 Å². The third-order valence-corrected chi connectivity index (χ3v) is 6.26. The Hall–Kier alpha value is -2.54. The molecule has 1 saturated heterocycles. The lowest BCUT2D eigenvalue weighted by Crippen LogP contribution is -2.23. The highest BCUT2D eigenvalue weighted by molar-refractivity contribution is 9.10. The average Bonchev–Trinajstić information content (AvgIpc) is 3.55. The Labute approximate surface area is 189 Å². The molecule has 1 aliphatic rings. The van der Waals surface area contributed by atoms with Crippen LogP contribution < -0.4 is 5.56 Å². The van der Waals surface area contributed by atoms with E-state index in [-0.39, 0.29) is 17.5 Å². The number of hydrogen-bond donors (Lipinski definition) is 1. The number of benzene rings is 3. The lowest BCUT2D eigenvalue weighted by atomic mass is 9.92. The van der Waals surface area contributed by atoms with Crippen LogP contribution in [0, 0.1) is 0 Å². The fourth-order valence-corrected chi connectivity index (χ4v) is 4.39. The lowest BCUT2D eigenvalue weighted by molar-refractivity contribution is 0.0953. The quantitative estimate of drug-likeness (QED) is 0.261. The van der Waals surface area contributed by atoms with E-state index in [4.69, 9.17) is 4.74 Å². The maximum Gasteiger partial charge on any atom is 0.260 e. The molecule has 0 aliphatic carbocycles. The summed E-state index contributed by atoms with van der Waals surface area (Å²) in [4.78, 5) is 29.3. The van der Waals surface area contributed by atoms with Gasteiger partial charge in [0.05, 0.1) is 5.56 Å². The Bertz CT molecular complexity index is 1330. The summed E-state index contributed by atoms with van der Waals surface area (Å²) in [5.41, 5.74) is 2.77. The van der Waals surface area contributed by atoms with Crippen LogP contribution >= 0.6 is 31.9 Å². The van der Waals surface area contributed by atoms with E-state index in [0.29, 0.717) is 11.1 Å². The standard InChI is InChI=1S/C24H15Br2NO3/c25-15-8-6-14(7-9-15)22-23(30-22)21(28)20-19(13-4-2-1-3-5-13)17-12-16(26)10-11-18(17)27-24(20)29/h1-12,22-23H,(H,27,29)/t22-,23-/m0/s1. The Morgan fingerprint density at radius 2 is 1.60 bits per heavy atom. The summed E-state index contributed by atoms with van der Waals surface area (Å²) in [6, 6.07) is 22.8. The maximum absolute atomic E-state index is 13.4. The molecule has 0 radical (unpaired) electrons. The second-order valence-corrected chi connectivity index (χ2v) is 8.98. The van der Waals surface area contributed by atoms with E-state index in [2.05, 4.69) is 36.8 Å². The molecule has 148 valence electrons. The molecule has 4 nitrogen and oxygen atoms in total. The van der Waals surface area contributed by atoms with Gasteiger partial charge in [-0.1, -0.05) is 74.3 Å². The van der Waals surface area contributed by atoms with Gasteiger partial charge in [-0.25, -0.2) is 0 Å². The molecule has 0 spiro atoms. The van der Waals surface area contributed by atoms with Gasteiger partial charge in [-0.3, -0.25) is 9.59 Å². The minimum absolute atomic E-state index is 0.136. The number of rotatable bonds is 4. The molecule has 2 atom stereocenters. The van der Waals surface area contributed by atoms with Crippen molar-refractivity contribution in [2.45, 2.75) is 12.2 Å². The van der Waals surface area contributed by atoms with Crippen molar-refractivity contribution in [1.82, 2.24) is 4.98 Å². The first-order chi connectivity index (χ1) is 14.5. The predicted molar refractivity (Wildman–Crippen MR) is 124 cm³/mol. The fourth-order valence-electron chi connectivity index (χ4n) is 3.77. The zero-order valence-corrected chi connectivity index (χ0v) is 18.7. The van der Waals surface area contributed by atoms with Gasteiger partial charge in [-0.15, -0.1) is 0 Å². The van der Waals surface area contributed by atoms with Crippen molar-refractivity contribution in [1.29, 1.82) is 0 Å². The number of aromatic nitrogens is 1. The van der Waals surface area contributed by atoms with Gasteiger partial charge in [0, 0.05) is 25.4 Å². The number of H-pyrrole nitrogens is 1. The van der Waals surface area contributed by atoms with Gasteiger partial charge >= 0.3 is 0 Å². The highest BCUT2D eigenvalue weighted by Gasteiger charge is 2.47. The van der Waals surface area contributed by atoms with E-state index in [1.165, 1.54) is 0 Å². The van der Waals surface area contributed by atoms with Crippen LogP contribution in [0.25, 0.3) is 22.0 Å². The highest BCUT2D eigenvalue weighted by atomic mass is 79.9. The van der Waals surface area contributed by atoms with E-state index in [1.54, 1.807) is 0 Å². The maximum atomic E-state index is 13.4. The summed E-state index contributed by atoms with van der Waals surface area (Å²) in [6.45, 7) is 0. The molecule has 1 aromatic heterocycles. The van der Waals surface area contributed by atoms with Gasteiger partial charge in [0.25, 0.3) is 5.56 Å². The number of carbonyl (C=O) groups excluding carboxylic acids is 1. The summed E-state index contributed by atoms with van der Waals surface area (Å²) in [6.07, 6.45) is -1.01. The summed E-state index contributed by atoms with van der Waals surface area (Å²) in [5.74, 6) is -0.301. The summed E-state index contributed by atoms with van der Waals surface area (Å²) in [7, 11) is 0. The molecule has 1 fully saturated rings. The third-order valence-electron chi connectivity index (χ3n) is 5.23. The molecule has 0 unspecified atom stereocenters. The largest absolute Gasteiger partial charge is 0.356 e. The van der Waals surface area contributed by atoms with E-state index < -0.39 is 11.7 Å². The van der Waals surface area contributed by atoms with Gasteiger partial charge in [0.2, 0.25) is 5.78 Å². The molecule has 2 heterocycles. The number of aromatic amines is 1. The summed E-state index contributed by atoms with van der Waals surface area (Å²) < 4.78 is 7.54. The number of halogens is 2. The minimum Gasteiger partial charge on any atom is -0.356 e. The zero-order chi connectivity index (χ0) is 20.8. The molecule has 0 saturated carbocycles. The second kappa shape index (κ2) is 7.61. The van der Waals surface area contributed by atoms with Crippen LogP contribution in [0.2, 0.25) is 0 Å². The van der Waals surface area contributed by atoms with Crippen LogP contribution in [0.3, 0.4) is 0 Å². The Morgan fingerprint density at radius 3 is 2.33 bits per heavy atom. The number of Topliss-reactive ketones (excluding diaryl/α,β-unsaturated/α-hetero) is 1. The molecule has 1 N–H and O–H groups in total. The van der Waals surface area contributed by atoms with E-state index >= 15 is 0 Å². The van der Waals surface area contributed by atoms with E-state index in [1.807, 2.05) is 72.8 Å². The van der Waals surface area contributed by atoms with Crippen LogP contribution in [0.15, 0.2) is 86.5 Å². The molecular weight excluding hydrogens is 510 g/mol. The smallest absolute Gasteiger partial charge is 0.260 e. The van der Waals surface area contributed by atoms with Crippen LogP contribution in [-0.4, -0.2) is 16.9 Å². The Kier molecular flexibility index (Phi) is 4.93. The van der Waals surface area contributed by atoms with Crippen molar-refractivity contribution in [3.8, 4) is 11.1 Å². The monoisotopic (exact) mass is 523 g/mol. The van der Waals surface area contributed by atoms with Gasteiger partial charge in [-0.2, -0.15) is 0 Å². The minimum atomic E-state index is -0.667. The lowest BCUT2D eigenvalue weighted by Gasteiger charge is -2.12. The number of pyridine rings is 1. The van der Waals surface area contributed by atoms with Crippen LogP contribution in [0.1, 0.15) is 22.0 Å². The van der Waals surface area contributed by atoms with Gasteiger partial charge in [-0.05, 0) is 41.5 Å². The molecular formula is C24H15Br2NO3. The zero-order valence-electron chi connectivity index (χ0n) is 15.6. The van der Waals surface area contributed by atoms with Crippen molar-refractivity contribution < 1.29 is 9.53 Å². The van der Waals surface area contributed by atoms with Crippen molar-refractivity contribution >= 4 is 48.5 Å². The highest BCUT2D eigenvalue weighted by Crippen LogP contribution is 2.42. The second-order valence-electron chi connectivity index (χ2n) is 7.15. The molecule has 6 heteroatoms. The van der Waals surface area contributed by atoms with Crippen LogP contribution in [0.4, 0.5) is 0 Å². The van der Waals surface area contributed by atoms with Gasteiger partial charge < -0.3 is 9.72 Å². The molecule has 1 aliphatic heterocycles.